The molecule has 0 saturated heterocycles. The lowest BCUT2D eigenvalue weighted by molar-refractivity contribution is -0.155. The third kappa shape index (κ3) is 2.79. The number of esters is 1. The van der Waals surface area contributed by atoms with Crippen molar-refractivity contribution in [1.82, 2.24) is 0 Å². The van der Waals surface area contributed by atoms with Crippen LogP contribution in [0.4, 0.5) is 4.39 Å². The molecule has 0 fully saturated rings. The molecule has 4 heteroatoms. The van der Waals surface area contributed by atoms with Gasteiger partial charge >= 0.3 is 12.4 Å². The summed E-state index contributed by atoms with van der Waals surface area (Å²) in [5, 5.41) is 0. The number of halogens is 1. The van der Waals surface area contributed by atoms with Crippen LogP contribution in [0.15, 0.2) is 0 Å². The Morgan fingerprint density at radius 3 is 2.78 bits per heavy atom. The van der Waals surface area contributed by atoms with Crippen LogP contribution in [-0.4, -0.2) is 18.6 Å². The lowest BCUT2D eigenvalue weighted by Gasteiger charge is -1.97. The number of alkyl halides is 1. The Morgan fingerprint density at radius 1 is 1.89 bits per heavy atom. The molecule has 0 aliphatic rings. The van der Waals surface area contributed by atoms with Crippen molar-refractivity contribution in [3.05, 3.63) is 0 Å². The summed E-state index contributed by atoms with van der Waals surface area (Å²) in [5.41, 5.74) is 0. The Bertz CT molecular complexity index is 113. The number of carbonyl (C=O) groups excluding carboxylic acids is 2. The number of hydrogen-bond donors (Lipinski definition) is 0. The fraction of sp³-hybridized carbons (Fsp3) is 0.600. The Balaban J connectivity index is 3.58. The van der Waals surface area contributed by atoms with Gasteiger partial charge in [-0.05, 0) is 6.42 Å². The van der Waals surface area contributed by atoms with Crippen molar-refractivity contribution < 1.29 is 18.7 Å². The Kier molecular flexibility index (Phi) is 3.59. The minimum atomic E-state index is -1.67. The minimum Gasteiger partial charge on any atom is -0.393 e. The van der Waals surface area contributed by atoms with E-state index in [1.54, 1.807) is 0 Å². The zero-order valence-electron chi connectivity index (χ0n) is 4.96. The Morgan fingerprint density at radius 2 is 2.44 bits per heavy atom. The van der Waals surface area contributed by atoms with E-state index in [2.05, 4.69) is 4.74 Å². The molecule has 0 bridgehead atoms. The fourth-order valence-electron chi connectivity index (χ4n) is 0.288. The molecular formula is C5H7FO3. The van der Waals surface area contributed by atoms with Crippen LogP contribution >= 0.6 is 0 Å². The number of carbonyl (C=O) groups is 2. The summed E-state index contributed by atoms with van der Waals surface area (Å²) < 4.78 is 15.8. The number of ether oxygens (including phenoxy) is 1. The molecule has 3 nitrogen and oxygen atoms in total. The molecule has 0 spiro atoms. The first-order valence-corrected chi connectivity index (χ1v) is 2.50. The summed E-state index contributed by atoms with van der Waals surface area (Å²) in [4.78, 5) is 19.6. The first kappa shape index (κ1) is 8.07. The van der Waals surface area contributed by atoms with Crippen molar-refractivity contribution in [2.45, 2.75) is 19.5 Å². The van der Waals surface area contributed by atoms with E-state index in [-0.39, 0.29) is 12.9 Å². The van der Waals surface area contributed by atoms with Crippen LogP contribution in [0.1, 0.15) is 13.3 Å². The fourth-order valence-corrected chi connectivity index (χ4v) is 0.288. The zero-order valence-corrected chi connectivity index (χ0v) is 4.96. The molecule has 0 rings (SSSR count). The number of hydrogen-bond acceptors (Lipinski definition) is 3. The molecule has 0 aliphatic heterocycles. The van der Waals surface area contributed by atoms with Crippen LogP contribution in [0, 0.1) is 0 Å². The van der Waals surface area contributed by atoms with E-state index in [1.165, 1.54) is 6.92 Å². The summed E-state index contributed by atoms with van der Waals surface area (Å²) in [5.74, 6) is -1.12. The second-order valence-electron chi connectivity index (χ2n) is 1.41. The maximum absolute atomic E-state index is 12.1. The molecule has 0 radical (unpaired) electrons. The van der Waals surface area contributed by atoms with Crippen molar-refractivity contribution in [2.24, 2.45) is 0 Å². The molecule has 0 heterocycles. The summed E-state index contributed by atoms with van der Waals surface area (Å²) in [6, 6.07) is 0. The van der Waals surface area contributed by atoms with Crippen LogP contribution in [0.3, 0.4) is 0 Å². The van der Waals surface area contributed by atoms with Crippen LogP contribution < -0.4 is 0 Å². The molecule has 9 heavy (non-hydrogen) atoms. The lowest BCUT2D eigenvalue weighted by Crippen LogP contribution is -2.16. The number of rotatable bonds is 3. The topological polar surface area (TPSA) is 43.4 Å². The zero-order chi connectivity index (χ0) is 7.28. The highest BCUT2D eigenvalue weighted by Crippen LogP contribution is 1.97. The van der Waals surface area contributed by atoms with Gasteiger partial charge in [0.05, 0.1) is 0 Å². The first-order chi connectivity index (χ1) is 4.22. The third-order valence-electron chi connectivity index (χ3n) is 0.778. The van der Waals surface area contributed by atoms with E-state index in [0.29, 0.717) is 0 Å². The van der Waals surface area contributed by atoms with Crippen LogP contribution in [0.2, 0.25) is 0 Å². The molecule has 0 amide bonds. The Labute approximate surface area is 51.8 Å². The molecule has 0 aliphatic carbocycles. The van der Waals surface area contributed by atoms with Crippen LogP contribution in [0.25, 0.3) is 0 Å². The predicted octanol–water partition coefficient (Wildman–Crippen LogP) is 0.434. The molecule has 0 aromatic rings. The van der Waals surface area contributed by atoms with Gasteiger partial charge in [0, 0.05) is 0 Å². The molecular weight excluding hydrogens is 127 g/mol. The first-order valence-electron chi connectivity index (χ1n) is 2.50. The third-order valence-corrected chi connectivity index (χ3v) is 0.778. The van der Waals surface area contributed by atoms with E-state index in [9.17, 15) is 14.0 Å². The van der Waals surface area contributed by atoms with Gasteiger partial charge in [-0.2, -0.15) is 0 Å². The van der Waals surface area contributed by atoms with Gasteiger partial charge in [-0.1, -0.05) is 6.92 Å². The van der Waals surface area contributed by atoms with Gasteiger partial charge in [0.25, 0.3) is 0 Å². The standard InChI is InChI=1S/C5H7FO3/c1-2-4(6)5(8)9-3-7/h3-4H,2H2,1H3. The lowest BCUT2D eigenvalue weighted by atomic mass is 10.3. The van der Waals surface area contributed by atoms with Crippen molar-refractivity contribution in [3.8, 4) is 0 Å². The van der Waals surface area contributed by atoms with Gasteiger partial charge in [-0.3, -0.25) is 4.79 Å². The monoisotopic (exact) mass is 134 g/mol. The van der Waals surface area contributed by atoms with Gasteiger partial charge in [0.2, 0.25) is 0 Å². The molecule has 1 atom stereocenters. The molecule has 0 aromatic carbocycles. The molecule has 1 unspecified atom stereocenters. The Hall–Kier alpha value is -0.930. The average Bonchev–Trinajstić information content (AvgIpc) is 1.87. The van der Waals surface area contributed by atoms with E-state index < -0.39 is 12.1 Å². The summed E-state index contributed by atoms with van der Waals surface area (Å²) in [6.07, 6.45) is -1.64. The largest absolute Gasteiger partial charge is 0.393 e. The summed E-state index contributed by atoms with van der Waals surface area (Å²) in [7, 11) is 0. The van der Waals surface area contributed by atoms with Crippen molar-refractivity contribution in [3.63, 3.8) is 0 Å². The van der Waals surface area contributed by atoms with E-state index in [0.717, 1.165) is 0 Å². The minimum absolute atomic E-state index is 0.0344. The average molecular weight is 134 g/mol. The highest BCUT2D eigenvalue weighted by molar-refractivity contribution is 5.80. The quantitative estimate of drug-likeness (QED) is 0.319. The normalized spacial score (nSPS) is 12.2. The molecule has 0 aromatic heterocycles. The summed E-state index contributed by atoms with van der Waals surface area (Å²) >= 11 is 0. The smallest absolute Gasteiger partial charge is 0.348 e. The maximum Gasteiger partial charge on any atom is 0.348 e. The second-order valence-corrected chi connectivity index (χ2v) is 1.41. The van der Waals surface area contributed by atoms with Crippen molar-refractivity contribution in [2.75, 3.05) is 0 Å². The maximum atomic E-state index is 12.1. The second kappa shape index (κ2) is 4.00. The van der Waals surface area contributed by atoms with Crippen molar-refractivity contribution >= 4 is 12.4 Å². The predicted molar refractivity (Wildman–Crippen MR) is 27.3 cm³/mol. The highest BCUT2D eigenvalue weighted by Gasteiger charge is 2.15. The highest BCUT2D eigenvalue weighted by atomic mass is 19.1. The van der Waals surface area contributed by atoms with Crippen molar-refractivity contribution in [1.29, 1.82) is 0 Å². The van der Waals surface area contributed by atoms with Crippen LogP contribution in [0.5, 0.6) is 0 Å². The van der Waals surface area contributed by atoms with E-state index in [4.69, 9.17) is 0 Å². The molecule has 52 valence electrons. The SMILES string of the molecule is CCC(F)C(=O)OC=O. The molecule has 0 N–H and O–H groups in total. The van der Waals surface area contributed by atoms with E-state index >= 15 is 0 Å². The summed E-state index contributed by atoms with van der Waals surface area (Å²) in [6.45, 7) is 1.40. The van der Waals surface area contributed by atoms with Gasteiger partial charge in [-0.15, -0.1) is 0 Å². The van der Waals surface area contributed by atoms with Gasteiger partial charge in [0.1, 0.15) is 0 Å². The van der Waals surface area contributed by atoms with Gasteiger partial charge in [0.15, 0.2) is 6.17 Å². The molecule has 0 saturated carbocycles. The van der Waals surface area contributed by atoms with Crippen LogP contribution in [-0.2, 0) is 14.3 Å². The van der Waals surface area contributed by atoms with Gasteiger partial charge in [-0.25, -0.2) is 9.18 Å². The van der Waals surface area contributed by atoms with Gasteiger partial charge < -0.3 is 4.74 Å². The van der Waals surface area contributed by atoms with E-state index in [1.807, 2.05) is 0 Å².